The first kappa shape index (κ1) is 23.8. The molecule has 0 aliphatic carbocycles. The molecule has 7 nitrogen and oxygen atoms in total. The summed E-state index contributed by atoms with van der Waals surface area (Å²) in [6, 6.07) is 12.6. The Morgan fingerprint density at radius 3 is 2.37 bits per heavy atom. The predicted molar refractivity (Wildman–Crippen MR) is 136 cm³/mol. The Bertz CT molecular complexity index is 1440. The first-order chi connectivity index (χ1) is 16.9. The summed E-state index contributed by atoms with van der Waals surface area (Å²) in [7, 11) is -3.80. The van der Waals surface area contributed by atoms with Gasteiger partial charge in [0.1, 0.15) is 5.56 Å². The smallest absolute Gasteiger partial charge is 0.259 e. The number of rotatable bonds is 4. The third kappa shape index (κ3) is 4.41. The van der Waals surface area contributed by atoms with E-state index in [-0.39, 0.29) is 21.8 Å². The van der Waals surface area contributed by atoms with Gasteiger partial charge in [0.05, 0.1) is 10.4 Å². The fourth-order valence-corrected chi connectivity index (χ4v) is 6.66. The SMILES string of the molecule is CCn1cc(C(=O)N2CCCCCC2)c(=O)c2cc(S(=O)(=O)N3CCc4ccccc4C3)ccc21. The van der Waals surface area contributed by atoms with Crippen LogP contribution in [0.5, 0.6) is 0 Å². The third-order valence-corrected chi connectivity index (χ3v) is 9.09. The quantitative estimate of drug-likeness (QED) is 0.554. The average molecular weight is 494 g/mol. The number of pyridine rings is 1. The molecule has 1 aromatic heterocycles. The number of hydrogen-bond donors (Lipinski definition) is 0. The van der Waals surface area contributed by atoms with E-state index in [0.717, 1.165) is 31.2 Å². The number of aromatic nitrogens is 1. The lowest BCUT2D eigenvalue weighted by Gasteiger charge is -2.28. The van der Waals surface area contributed by atoms with Gasteiger partial charge >= 0.3 is 0 Å². The molecule has 0 saturated carbocycles. The van der Waals surface area contributed by atoms with E-state index in [1.807, 2.05) is 35.8 Å². The van der Waals surface area contributed by atoms with Crippen molar-refractivity contribution >= 4 is 26.8 Å². The van der Waals surface area contributed by atoms with E-state index in [0.29, 0.717) is 44.7 Å². The van der Waals surface area contributed by atoms with Gasteiger partial charge in [-0.3, -0.25) is 9.59 Å². The number of hydrogen-bond acceptors (Lipinski definition) is 4. The summed E-state index contributed by atoms with van der Waals surface area (Å²) >= 11 is 0. The number of nitrogens with zero attached hydrogens (tertiary/aromatic N) is 3. The number of carbonyl (C=O) groups excluding carboxylic acids is 1. The molecular weight excluding hydrogens is 462 g/mol. The summed E-state index contributed by atoms with van der Waals surface area (Å²) in [4.78, 5) is 28.7. The highest BCUT2D eigenvalue weighted by Crippen LogP contribution is 2.27. The highest BCUT2D eigenvalue weighted by atomic mass is 32.2. The molecule has 1 amide bonds. The van der Waals surface area contributed by atoms with E-state index < -0.39 is 15.5 Å². The molecule has 1 fully saturated rings. The Labute approximate surface area is 206 Å². The lowest BCUT2D eigenvalue weighted by atomic mass is 10.0. The second-order valence-corrected chi connectivity index (χ2v) is 11.3. The van der Waals surface area contributed by atoms with Crippen molar-refractivity contribution in [3.63, 3.8) is 0 Å². The van der Waals surface area contributed by atoms with Crippen molar-refractivity contribution in [2.75, 3.05) is 19.6 Å². The highest BCUT2D eigenvalue weighted by Gasteiger charge is 2.29. The number of sulfonamides is 1. The van der Waals surface area contributed by atoms with Crippen LogP contribution in [0, 0.1) is 0 Å². The first-order valence-electron chi connectivity index (χ1n) is 12.4. The summed E-state index contributed by atoms with van der Waals surface area (Å²) in [5.74, 6) is -0.262. The molecule has 1 saturated heterocycles. The van der Waals surface area contributed by atoms with Gasteiger partial charge in [-0.2, -0.15) is 4.31 Å². The lowest BCUT2D eigenvalue weighted by molar-refractivity contribution is 0.0759. The Hall–Kier alpha value is -2.97. The number of likely N-dealkylation sites (tertiary alicyclic amines) is 1. The molecule has 2 aromatic carbocycles. The molecule has 5 rings (SSSR count). The van der Waals surface area contributed by atoms with E-state index in [1.165, 1.54) is 15.9 Å². The van der Waals surface area contributed by atoms with E-state index in [9.17, 15) is 18.0 Å². The second kappa shape index (κ2) is 9.59. The summed E-state index contributed by atoms with van der Waals surface area (Å²) in [6.07, 6.45) is 6.32. The number of amides is 1. The predicted octanol–water partition coefficient (Wildman–Crippen LogP) is 3.78. The molecule has 8 heteroatoms. The van der Waals surface area contributed by atoms with Crippen LogP contribution in [0.3, 0.4) is 0 Å². The van der Waals surface area contributed by atoms with Gasteiger partial charge in [0.15, 0.2) is 0 Å². The van der Waals surface area contributed by atoms with E-state index >= 15 is 0 Å². The topological polar surface area (TPSA) is 79.7 Å². The van der Waals surface area contributed by atoms with Gasteiger partial charge < -0.3 is 9.47 Å². The normalized spacial score (nSPS) is 17.2. The minimum absolute atomic E-state index is 0.0866. The van der Waals surface area contributed by atoms with Gasteiger partial charge in [-0.1, -0.05) is 37.1 Å². The minimum Gasteiger partial charge on any atom is -0.347 e. The van der Waals surface area contributed by atoms with Gasteiger partial charge in [0, 0.05) is 44.3 Å². The third-order valence-electron chi connectivity index (χ3n) is 7.25. The Balaban J connectivity index is 1.55. The van der Waals surface area contributed by atoms with Crippen molar-refractivity contribution in [2.24, 2.45) is 0 Å². The molecule has 0 atom stereocenters. The Kier molecular flexibility index (Phi) is 6.51. The summed E-state index contributed by atoms with van der Waals surface area (Å²) in [5, 5.41) is 0.269. The van der Waals surface area contributed by atoms with Crippen molar-refractivity contribution in [3.8, 4) is 0 Å². The Morgan fingerprint density at radius 1 is 0.943 bits per heavy atom. The van der Waals surface area contributed by atoms with Gasteiger partial charge in [0.2, 0.25) is 15.5 Å². The van der Waals surface area contributed by atoms with Crippen molar-refractivity contribution in [1.29, 1.82) is 0 Å². The molecule has 0 radical (unpaired) electrons. The highest BCUT2D eigenvalue weighted by molar-refractivity contribution is 7.89. The summed E-state index contributed by atoms with van der Waals surface area (Å²) < 4.78 is 30.4. The largest absolute Gasteiger partial charge is 0.347 e. The number of aryl methyl sites for hydroxylation is 1. The van der Waals surface area contributed by atoms with Crippen molar-refractivity contribution in [1.82, 2.24) is 13.8 Å². The van der Waals surface area contributed by atoms with Crippen LogP contribution in [0.15, 0.2) is 58.4 Å². The summed E-state index contributed by atoms with van der Waals surface area (Å²) in [6.45, 7) is 4.50. The molecule has 0 bridgehead atoms. The number of benzene rings is 2. The molecular formula is C27H31N3O4S. The van der Waals surface area contributed by atoms with Crippen molar-refractivity contribution in [2.45, 2.75) is 57.0 Å². The minimum atomic E-state index is -3.80. The molecule has 184 valence electrons. The maximum atomic E-state index is 13.6. The van der Waals surface area contributed by atoms with Gasteiger partial charge in [0.25, 0.3) is 5.91 Å². The average Bonchev–Trinajstić information content (AvgIpc) is 3.18. The van der Waals surface area contributed by atoms with Crippen LogP contribution in [0.1, 0.15) is 54.1 Å². The van der Waals surface area contributed by atoms with Gasteiger partial charge in [-0.05, 0) is 55.5 Å². The molecule has 0 unspecified atom stereocenters. The maximum absolute atomic E-state index is 13.6. The first-order valence-corrected chi connectivity index (χ1v) is 13.9. The zero-order chi connectivity index (χ0) is 24.6. The van der Waals surface area contributed by atoms with Crippen LogP contribution in [-0.4, -0.2) is 47.7 Å². The molecule has 3 heterocycles. The molecule has 2 aliphatic rings. The zero-order valence-corrected chi connectivity index (χ0v) is 20.9. The van der Waals surface area contributed by atoms with Crippen LogP contribution < -0.4 is 5.43 Å². The number of fused-ring (bicyclic) bond motifs is 2. The van der Waals surface area contributed by atoms with Gasteiger partial charge in [-0.25, -0.2) is 8.42 Å². The fraction of sp³-hybridized carbons (Fsp3) is 0.407. The molecule has 0 spiro atoms. The van der Waals surface area contributed by atoms with Crippen LogP contribution in [0.2, 0.25) is 0 Å². The molecule has 0 N–H and O–H groups in total. The van der Waals surface area contributed by atoms with Crippen LogP contribution in [0.25, 0.3) is 10.9 Å². The molecule has 3 aromatic rings. The standard InChI is InChI=1S/C27H31N3O4S/c1-2-28-19-24(27(32)29-14-7-3-4-8-15-29)26(31)23-17-22(11-12-25(23)28)35(33,34)30-16-13-20-9-5-6-10-21(20)18-30/h5-6,9-12,17,19H,2-4,7-8,13-16,18H2,1H3. The van der Waals surface area contributed by atoms with E-state index in [1.54, 1.807) is 23.2 Å². The summed E-state index contributed by atoms with van der Waals surface area (Å²) in [5.41, 5.74) is 2.51. The van der Waals surface area contributed by atoms with Crippen LogP contribution in [-0.2, 0) is 29.5 Å². The number of carbonyl (C=O) groups is 1. The zero-order valence-electron chi connectivity index (χ0n) is 20.1. The Morgan fingerprint density at radius 2 is 1.66 bits per heavy atom. The van der Waals surface area contributed by atoms with Crippen molar-refractivity contribution in [3.05, 3.63) is 75.6 Å². The fourth-order valence-electron chi connectivity index (χ4n) is 5.22. The maximum Gasteiger partial charge on any atom is 0.259 e. The monoisotopic (exact) mass is 493 g/mol. The lowest BCUT2D eigenvalue weighted by Crippen LogP contribution is -2.36. The van der Waals surface area contributed by atoms with E-state index in [2.05, 4.69) is 0 Å². The molecule has 35 heavy (non-hydrogen) atoms. The van der Waals surface area contributed by atoms with Crippen LogP contribution >= 0.6 is 0 Å². The van der Waals surface area contributed by atoms with Crippen molar-refractivity contribution < 1.29 is 13.2 Å². The van der Waals surface area contributed by atoms with E-state index in [4.69, 9.17) is 0 Å². The van der Waals surface area contributed by atoms with Crippen LogP contribution in [0.4, 0.5) is 0 Å². The second-order valence-electron chi connectivity index (χ2n) is 9.40. The van der Waals surface area contributed by atoms with Gasteiger partial charge in [-0.15, -0.1) is 0 Å². The molecule has 2 aliphatic heterocycles.